The second kappa shape index (κ2) is 7.16. The monoisotopic (exact) mass is 411 g/mol. The zero-order valence-electron chi connectivity index (χ0n) is 16.9. The average molecular weight is 411 g/mol. The molecular weight excluding hydrogens is 390 g/mol. The van der Waals surface area contributed by atoms with Crippen LogP contribution in [0.5, 0.6) is 0 Å². The number of fused-ring (bicyclic) bond motifs is 2. The van der Waals surface area contributed by atoms with Crippen molar-refractivity contribution in [1.29, 1.82) is 0 Å². The molecule has 8 heteroatoms. The quantitative estimate of drug-likeness (QED) is 0.516. The predicted octanol–water partition coefficient (Wildman–Crippen LogP) is 2.56. The van der Waals surface area contributed by atoms with Crippen LogP contribution in [0.1, 0.15) is 16.8 Å². The van der Waals surface area contributed by atoms with Crippen molar-refractivity contribution in [3.05, 3.63) is 72.7 Å². The van der Waals surface area contributed by atoms with E-state index in [-0.39, 0.29) is 11.9 Å². The minimum absolute atomic E-state index is 0.0165. The number of amides is 1. The van der Waals surface area contributed by atoms with E-state index in [2.05, 4.69) is 20.1 Å². The minimum Gasteiger partial charge on any atom is -0.350 e. The molecule has 1 amide bonds. The van der Waals surface area contributed by atoms with E-state index in [1.807, 2.05) is 59.6 Å². The maximum atomic E-state index is 13.4. The van der Waals surface area contributed by atoms with Crippen molar-refractivity contribution in [2.45, 2.75) is 12.5 Å². The number of carbonyl (C=O) groups is 1. The van der Waals surface area contributed by atoms with Crippen molar-refractivity contribution >= 4 is 22.8 Å². The number of nitrogens with zero attached hydrogens (tertiary/aromatic N) is 7. The van der Waals surface area contributed by atoms with E-state index in [9.17, 15) is 4.79 Å². The van der Waals surface area contributed by atoms with Crippen LogP contribution in [0, 0.1) is 5.92 Å². The first-order valence-corrected chi connectivity index (χ1v) is 10.5. The number of hydrogen-bond acceptors (Lipinski definition) is 6. The molecule has 2 aliphatic rings. The van der Waals surface area contributed by atoms with Gasteiger partial charge in [0.25, 0.3) is 5.91 Å². The molecular formula is C23H21N7O. The third kappa shape index (κ3) is 3.02. The second-order valence-electron chi connectivity index (χ2n) is 8.07. The van der Waals surface area contributed by atoms with Gasteiger partial charge in [-0.25, -0.2) is 4.98 Å². The Morgan fingerprint density at radius 2 is 1.71 bits per heavy atom. The molecule has 0 saturated carbocycles. The Bertz CT molecular complexity index is 1260. The van der Waals surface area contributed by atoms with Crippen LogP contribution in [0.25, 0.3) is 16.7 Å². The summed E-state index contributed by atoms with van der Waals surface area (Å²) in [6.45, 7) is 2.41. The Balaban J connectivity index is 1.25. The summed E-state index contributed by atoms with van der Waals surface area (Å²) in [5.74, 6) is 1.48. The highest BCUT2D eigenvalue weighted by molar-refractivity contribution is 5.97. The lowest BCUT2D eigenvalue weighted by atomic mass is 9.82. The fourth-order valence-corrected chi connectivity index (χ4v) is 4.67. The number of rotatable bonds is 3. The summed E-state index contributed by atoms with van der Waals surface area (Å²) in [7, 11) is 0. The van der Waals surface area contributed by atoms with Crippen molar-refractivity contribution in [2.24, 2.45) is 5.92 Å². The fourth-order valence-electron chi connectivity index (χ4n) is 4.67. The molecule has 2 atom stereocenters. The lowest BCUT2D eigenvalue weighted by molar-refractivity contribution is 0.0591. The lowest BCUT2D eigenvalue weighted by Gasteiger charge is -2.53. The van der Waals surface area contributed by atoms with Crippen LogP contribution < -0.4 is 4.90 Å². The number of anilines is 1. The number of hydrogen-bond donors (Lipinski definition) is 0. The van der Waals surface area contributed by atoms with Gasteiger partial charge in [-0.2, -0.15) is 15.0 Å². The van der Waals surface area contributed by atoms with Gasteiger partial charge >= 0.3 is 0 Å². The van der Waals surface area contributed by atoms with Gasteiger partial charge in [-0.15, -0.1) is 0 Å². The maximum Gasteiger partial charge on any atom is 0.256 e. The van der Waals surface area contributed by atoms with Gasteiger partial charge in [0.1, 0.15) is 5.82 Å². The number of likely N-dealkylation sites (tertiary alicyclic amines) is 1. The van der Waals surface area contributed by atoms with Gasteiger partial charge in [0.15, 0.2) is 0 Å². The van der Waals surface area contributed by atoms with Gasteiger partial charge in [0, 0.05) is 25.6 Å². The molecule has 2 fully saturated rings. The van der Waals surface area contributed by atoms with Crippen LogP contribution in [0.15, 0.2) is 67.1 Å². The maximum absolute atomic E-state index is 13.4. The highest BCUT2D eigenvalue weighted by atomic mass is 16.2. The fraction of sp³-hybridized carbons (Fsp3) is 0.261. The number of benzene rings is 2. The summed E-state index contributed by atoms with van der Waals surface area (Å²) in [4.78, 5) is 28.5. The Kier molecular flexibility index (Phi) is 4.15. The van der Waals surface area contributed by atoms with Gasteiger partial charge in [0.05, 0.1) is 46.9 Å². The molecule has 2 aromatic carbocycles. The van der Waals surface area contributed by atoms with E-state index in [0.717, 1.165) is 36.4 Å². The van der Waals surface area contributed by atoms with Crippen molar-refractivity contribution < 1.29 is 4.79 Å². The molecule has 2 saturated heterocycles. The number of aromatic nitrogens is 5. The van der Waals surface area contributed by atoms with E-state index in [4.69, 9.17) is 4.98 Å². The molecule has 31 heavy (non-hydrogen) atoms. The van der Waals surface area contributed by atoms with Crippen LogP contribution in [0.2, 0.25) is 0 Å². The third-order valence-corrected chi connectivity index (χ3v) is 6.34. The average Bonchev–Trinajstić information content (AvgIpc) is 3.34. The zero-order valence-corrected chi connectivity index (χ0v) is 16.9. The Morgan fingerprint density at radius 1 is 0.935 bits per heavy atom. The summed E-state index contributed by atoms with van der Waals surface area (Å²) in [5, 5.41) is 8.40. The van der Waals surface area contributed by atoms with Crippen molar-refractivity contribution in [3.8, 4) is 5.69 Å². The van der Waals surface area contributed by atoms with Gasteiger partial charge in [-0.1, -0.05) is 24.3 Å². The van der Waals surface area contributed by atoms with Gasteiger partial charge in [0.2, 0.25) is 0 Å². The molecule has 0 N–H and O–H groups in total. The molecule has 6 rings (SSSR count). The summed E-state index contributed by atoms with van der Waals surface area (Å²) < 4.78 is 0. The van der Waals surface area contributed by atoms with E-state index >= 15 is 0 Å². The summed E-state index contributed by atoms with van der Waals surface area (Å²) in [6, 6.07) is 15.7. The number of carbonyl (C=O) groups excluding carboxylic acids is 1. The molecule has 0 bridgehead atoms. The van der Waals surface area contributed by atoms with Gasteiger partial charge in [-0.05, 0) is 30.7 Å². The van der Waals surface area contributed by atoms with Gasteiger partial charge in [-0.3, -0.25) is 9.78 Å². The van der Waals surface area contributed by atoms with Crippen LogP contribution in [0.3, 0.4) is 0 Å². The zero-order chi connectivity index (χ0) is 20.8. The Labute approximate surface area is 179 Å². The SMILES string of the molecule is O=C(c1ccccc1-n1nccn1)N1CCC2CN(c3cnc4ccccc4n3)C2C1. The second-order valence-corrected chi connectivity index (χ2v) is 8.07. The first kappa shape index (κ1) is 18.0. The molecule has 2 aromatic heterocycles. The highest BCUT2D eigenvalue weighted by Gasteiger charge is 2.44. The molecule has 0 radical (unpaired) electrons. The predicted molar refractivity (Wildman–Crippen MR) is 116 cm³/mol. The third-order valence-electron chi connectivity index (χ3n) is 6.34. The topological polar surface area (TPSA) is 80.0 Å². The first-order chi connectivity index (χ1) is 15.3. The van der Waals surface area contributed by atoms with E-state index in [1.54, 1.807) is 12.4 Å². The Morgan fingerprint density at radius 3 is 2.58 bits per heavy atom. The van der Waals surface area contributed by atoms with Crippen LogP contribution in [-0.4, -0.2) is 61.4 Å². The molecule has 2 aliphatic heterocycles. The number of piperidine rings is 1. The molecule has 8 nitrogen and oxygen atoms in total. The van der Waals surface area contributed by atoms with Crippen molar-refractivity contribution in [3.63, 3.8) is 0 Å². The molecule has 0 aliphatic carbocycles. The largest absolute Gasteiger partial charge is 0.350 e. The highest BCUT2D eigenvalue weighted by Crippen LogP contribution is 2.36. The standard InChI is InChI=1S/C23H21N7O/c31-23(17-5-1-4-8-20(17)30-25-10-11-26-30)28-12-9-16-14-29(21(16)15-28)22-13-24-18-6-2-3-7-19(18)27-22/h1-8,10-11,13,16,21H,9,12,14-15H2. The summed E-state index contributed by atoms with van der Waals surface area (Å²) >= 11 is 0. The molecule has 4 heterocycles. The normalized spacial score (nSPS) is 20.4. The molecule has 4 aromatic rings. The smallest absolute Gasteiger partial charge is 0.256 e. The van der Waals surface area contributed by atoms with E-state index < -0.39 is 0 Å². The van der Waals surface area contributed by atoms with Crippen molar-refractivity contribution in [2.75, 3.05) is 24.5 Å². The van der Waals surface area contributed by atoms with E-state index in [1.165, 1.54) is 4.80 Å². The van der Waals surface area contributed by atoms with Crippen LogP contribution in [0.4, 0.5) is 5.82 Å². The molecule has 0 spiro atoms. The van der Waals surface area contributed by atoms with Crippen LogP contribution in [-0.2, 0) is 0 Å². The molecule has 2 unspecified atom stereocenters. The first-order valence-electron chi connectivity index (χ1n) is 10.5. The Hall–Kier alpha value is -3.81. The van der Waals surface area contributed by atoms with Gasteiger partial charge < -0.3 is 9.80 Å². The summed E-state index contributed by atoms with van der Waals surface area (Å²) in [6.07, 6.45) is 6.07. The van der Waals surface area contributed by atoms with Crippen LogP contribution >= 0.6 is 0 Å². The minimum atomic E-state index is 0.0165. The van der Waals surface area contributed by atoms with E-state index in [0.29, 0.717) is 23.7 Å². The lowest BCUT2D eigenvalue weighted by Crippen LogP contribution is -2.65. The summed E-state index contributed by atoms with van der Waals surface area (Å²) in [5.41, 5.74) is 3.11. The molecule has 154 valence electrons. The van der Waals surface area contributed by atoms with Crippen molar-refractivity contribution in [1.82, 2.24) is 29.9 Å². The number of para-hydroxylation sites is 3.